The molecule has 0 saturated carbocycles. The molecule has 0 aromatic carbocycles. The molecule has 0 N–H and O–H groups in total. The van der Waals surface area contributed by atoms with Crippen molar-refractivity contribution < 1.29 is 4.11 Å². The molecule has 0 aliphatic rings. The minimum atomic E-state index is -2.69. The van der Waals surface area contributed by atoms with Crippen molar-refractivity contribution in [2.75, 3.05) is 0 Å². The fourth-order valence-corrected chi connectivity index (χ4v) is 2.21. The second kappa shape index (κ2) is 4.44. The molecule has 0 fully saturated rings. The van der Waals surface area contributed by atoms with Crippen LogP contribution in [0.15, 0.2) is 24.6 Å². The topological polar surface area (TPSA) is 0 Å². The van der Waals surface area contributed by atoms with E-state index in [1.807, 2.05) is 0 Å². The lowest BCUT2D eigenvalue weighted by molar-refractivity contribution is 0.767. The van der Waals surface area contributed by atoms with E-state index in [1.54, 1.807) is 0 Å². The molecule has 58 valence electrons. The van der Waals surface area contributed by atoms with E-state index in [-0.39, 0.29) is 0 Å². The van der Waals surface area contributed by atoms with Crippen molar-refractivity contribution in [3.8, 4) is 0 Å². The number of unbranched alkanes of at least 4 members (excludes halogenated alkanes) is 1. The lowest BCUT2D eigenvalue weighted by Gasteiger charge is -2.11. The normalized spacial score (nSPS) is 11.0. The Hall–Kier alpha value is -0.373. The van der Waals surface area contributed by atoms with Gasteiger partial charge in [-0.05, 0) is 6.04 Å². The fraction of sp³-hybridized carbons (Fsp3) is 0.500. The van der Waals surface area contributed by atoms with Gasteiger partial charge in [0.1, 0.15) is 0 Å². The maximum atomic E-state index is 13.3. The maximum Gasteiger partial charge on any atom is 0.293 e. The maximum absolute atomic E-state index is 13.3. The van der Waals surface area contributed by atoms with Crippen LogP contribution in [0.1, 0.15) is 19.8 Å². The molecule has 0 spiro atoms. The molecule has 0 nitrogen and oxygen atoms in total. The Morgan fingerprint density at radius 3 is 2.20 bits per heavy atom. The zero-order valence-electron chi connectivity index (χ0n) is 6.57. The highest BCUT2D eigenvalue weighted by Gasteiger charge is 2.24. The molecule has 0 aromatic rings. The van der Waals surface area contributed by atoms with Crippen LogP contribution in [0, 0.1) is 0 Å². The highest BCUT2D eigenvalue weighted by atomic mass is 28.4. The molecule has 0 radical (unpaired) electrons. The van der Waals surface area contributed by atoms with Gasteiger partial charge in [-0.15, -0.1) is 13.2 Å². The molecule has 0 heterocycles. The van der Waals surface area contributed by atoms with E-state index in [4.69, 9.17) is 0 Å². The number of halogens is 1. The molecule has 0 unspecified atom stereocenters. The predicted molar refractivity (Wildman–Crippen MR) is 47.0 cm³/mol. The van der Waals surface area contributed by atoms with Gasteiger partial charge in [0.2, 0.25) is 0 Å². The van der Waals surface area contributed by atoms with Crippen LogP contribution in [0.3, 0.4) is 0 Å². The molecule has 10 heavy (non-hydrogen) atoms. The SMILES string of the molecule is C=C[Si](F)(C=C)CCCC. The van der Waals surface area contributed by atoms with E-state index in [0.29, 0.717) is 6.04 Å². The third-order valence-electron chi connectivity index (χ3n) is 1.59. The highest BCUT2D eigenvalue weighted by Crippen LogP contribution is 2.17. The molecule has 0 saturated heterocycles. The first-order valence-corrected chi connectivity index (χ1v) is 5.88. The van der Waals surface area contributed by atoms with Crippen molar-refractivity contribution in [2.45, 2.75) is 25.8 Å². The van der Waals surface area contributed by atoms with Gasteiger partial charge >= 0.3 is 0 Å². The zero-order valence-corrected chi connectivity index (χ0v) is 7.57. The molecule has 2 heteroatoms. The Morgan fingerprint density at radius 1 is 1.40 bits per heavy atom. The van der Waals surface area contributed by atoms with Gasteiger partial charge in [0, 0.05) is 0 Å². The first kappa shape index (κ1) is 9.63. The van der Waals surface area contributed by atoms with E-state index in [2.05, 4.69) is 20.1 Å². The first-order valence-electron chi connectivity index (χ1n) is 3.64. The van der Waals surface area contributed by atoms with Gasteiger partial charge in [-0.1, -0.05) is 31.2 Å². The van der Waals surface area contributed by atoms with Crippen LogP contribution in [0.2, 0.25) is 6.04 Å². The summed E-state index contributed by atoms with van der Waals surface area (Å²) < 4.78 is 13.3. The largest absolute Gasteiger partial charge is 0.303 e. The van der Waals surface area contributed by atoms with Crippen molar-refractivity contribution in [3.05, 3.63) is 24.6 Å². The second-order valence-corrected chi connectivity index (χ2v) is 5.61. The third-order valence-corrected chi connectivity index (χ3v) is 4.07. The number of hydrogen-bond acceptors (Lipinski definition) is 0. The van der Waals surface area contributed by atoms with Crippen LogP contribution in [0.5, 0.6) is 0 Å². The Labute approximate surface area is 63.6 Å². The highest BCUT2D eigenvalue weighted by molar-refractivity contribution is 6.82. The van der Waals surface area contributed by atoms with Crippen LogP contribution in [-0.4, -0.2) is 8.41 Å². The monoisotopic (exact) mass is 158 g/mol. The first-order chi connectivity index (χ1) is 4.68. The second-order valence-electron chi connectivity index (χ2n) is 2.44. The molecular weight excluding hydrogens is 143 g/mol. The van der Waals surface area contributed by atoms with Crippen LogP contribution in [0.4, 0.5) is 4.11 Å². The van der Waals surface area contributed by atoms with Crippen LogP contribution in [-0.2, 0) is 0 Å². The van der Waals surface area contributed by atoms with Crippen LogP contribution >= 0.6 is 0 Å². The number of hydrogen-bond donors (Lipinski definition) is 0. The van der Waals surface area contributed by atoms with E-state index in [9.17, 15) is 4.11 Å². The molecule has 0 amide bonds. The Kier molecular flexibility index (Phi) is 4.28. The smallest absolute Gasteiger partial charge is 0.293 e. The summed E-state index contributed by atoms with van der Waals surface area (Å²) in [6.07, 6.45) is 1.99. The summed E-state index contributed by atoms with van der Waals surface area (Å²) in [5.41, 5.74) is 2.91. The summed E-state index contributed by atoms with van der Waals surface area (Å²) in [6, 6.07) is 0.649. The van der Waals surface area contributed by atoms with Crippen molar-refractivity contribution in [1.82, 2.24) is 0 Å². The van der Waals surface area contributed by atoms with E-state index in [0.717, 1.165) is 12.8 Å². The van der Waals surface area contributed by atoms with Crippen molar-refractivity contribution in [3.63, 3.8) is 0 Å². The predicted octanol–water partition coefficient (Wildman–Crippen LogP) is 3.15. The van der Waals surface area contributed by atoms with Crippen molar-refractivity contribution >= 4 is 8.41 Å². The van der Waals surface area contributed by atoms with Crippen molar-refractivity contribution in [2.24, 2.45) is 0 Å². The molecule has 0 rings (SSSR count). The Morgan fingerprint density at radius 2 is 1.90 bits per heavy atom. The van der Waals surface area contributed by atoms with Gasteiger partial charge in [-0.25, -0.2) is 0 Å². The van der Waals surface area contributed by atoms with E-state index in [1.165, 1.54) is 11.4 Å². The molecule has 0 bridgehead atoms. The van der Waals surface area contributed by atoms with Crippen LogP contribution < -0.4 is 0 Å². The minimum Gasteiger partial charge on any atom is -0.303 e. The minimum absolute atomic E-state index is 0.649. The average Bonchev–Trinajstić information content (AvgIpc) is 2.00. The zero-order chi connectivity index (χ0) is 8.04. The van der Waals surface area contributed by atoms with Gasteiger partial charge in [0.25, 0.3) is 8.41 Å². The molecule has 0 atom stereocenters. The summed E-state index contributed by atoms with van der Waals surface area (Å²) in [6.45, 7) is 9.00. The van der Waals surface area contributed by atoms with Crippen molar-refractivity contribution in [1.29, 1.82) is 0 Å². The quantitative estimate of drug-likeness (QED) is 0.426. The number of rotatable bonds is 5. The van der Waals surface area contributed by atoms with Gasteiger partial charge in [0.15, 0.2) is 0 Å². The third kappa shape index (κ3) is 2.97. The molecule has 0 aliphatic carbocycles. The lowest BCUT2D eigenvalue weighted by atomic mass is 10.4. The summed E-state index contributed by atoms with van der Waals surface area (Å²) >= 11 is 0. The van der Waals surface area contributed by atoms with E-state index >= 15 is 0 Å². The summed E-state index contributed by atoms with van der Waals surface area (Å²) in [7, 11) is -2.69. The standard InChI is InChI=1S/C8H15FSi/c1-4-7-8-10(9,5-2)6-3/h5-6H,2-4,7-8H2,1H3. The summed E-state index contributed by atoms with van der Waals surface area (Å²) in [4.78, 5) is 0. The van der Waals surface area contributed by atoms with Gasteiger partial charge in [0.05, 0.1) is 0 Å². The fourth-order valence-electron chi connectivity index (χ4n) is 0.735. The van der Waals surface area contributed by atoms with Crippen LogP contribution in [0.25, 0.3) is 0 Å². The Balaban J connectivity index is 3.80. The summed E-state index contributed by atoms with van der Waals surface area (Å²) in [5, 5.41) is 0. The lowest BCUT2D eigenvalue weighted by Crippen LogP contribution is -2.21. The van der Waals surface area contributed by atoms with Gasteiger partial charge in [-0.3, -0.25) is 0 Å². The Bertz CT molecular complexity index is 112. The van der Waals surface area contributed by atoms with Gasteiger partial charge in [-0.2, -0.15) is 0 Å². The molecule has 0 aliphatic heterocycles. The summed E-state index contributed by atoms with van der Waals surface area (Å²) in [5.74, 6) is 0. The molecular formula is C8H15FSi. The molecule has 0 aromatic heterocycles. The van der Waals surface area contributed by atoms with Gasteiger partial charge < -0.3 is 4.11 Å². The average molecular weight is 158 g/mol. The van der Waals surface area contributed by atoms with E-state index < -0.39 is 8.41 Å².